The lowest BCUT2D eigenvalue weighted by Crippen LogP contribution is -2.34. The lowest BCUT2D eigenvalue weighted by Gasteiger charge is -2.21. The second kappa shape index (κ2) is 6.39. The van der Waals surface area contributed by atoms with Gasteiger partial charge in [-0.3, -0.25) is 4.79 Å². The summed E-state index contributed by atoms with van der Waals surface area (Å²) in [6, 6.07) is 0.196. The van der Waals surface area contributed by atoms with Gasteiger partial charge in [-0.25, -0.2) is 0 Å². The molecule has 8 heteroatoms. The van der Waals surface area contributed by atoms with Crippen LogP contribution in [0, 0.1) is 0 Å². The van der Waals surface area contributed by atoms with Crippen molar-refractivity contribution in [1.29, 1.82) is 0 Å². The summed E-state index contributed by atoms with van der Waals surface area (Å²) in [6.45, 7) is 3.94. The van der Waals surface area contributed by atoms with E-state index in [1.54, 1.807) is 11.9 Å². The Kier molecular flexibility index (Phi) is 5.14. The molecule has 7 nitrogen and oxygen atoms in total. The Morgan fingerprint density at radius 2 is 1.83 bits per heavy atom. The number of hydrogen-bond acceptors (Lipinski definition) is 7. The van der Waals surface area contributed by atoms with Crippen molar-refractivity contribution in [2.75, 3.05) is 24.3 Å². The minimum Gasteiger partial charge on any atom is -0.368 e. The molecule has 0 unspecified atom stereocenters. The number of rotatable bonds is 5. The van der Waals surface area contributed by atoms with Gasteiger partial charge >= 0.3 is 0 Å². The summed E-state index contributed by atoms with van der Waals surface area (Å²) >= 11 is 1.42. The molecular weight excluding hydrogens is 252 g/mol. The zero-order valence-corrected chi connectivity index (χ0v) is 11.6. The summed E-state index contributed by atoms with van der Waals surface area (Å²) in [7, 11) is 1.78. The van der Waals surface area contributed by atoms with E-state index in [9.17, 15) is 4.79 Å². The van der Waals surface area contributed by atoms with E-state index >= 15 is 0 Å². The SMILES string of the molecule is CC(C)N(C)C(=O)CSCc1nc(N)nc(N)n1. The van der Waals surface area contributed by atoms with Gasteiger partial charge < -0.3 is 16.4 Å². The van der Waals surface area contributed by atoms with Crippen LogP contribution in [0.25, 0.3) is 0 Å². The molecule has 0 aromatic carbocycles. The number of anilines is 2. The van der Waals surface area contributed by atoms with E-state index in [4.69, 9.17) is 11.5 Å². The minimum atomic E-state index is 0.0741. The van der Waals surface area contributed by atoms with Crippen LogP contribution in [0.15, 0.2) is 0 Å². The molecule has 0 aliphatic carbocycles. The maximum absolute atomic E-state index is 11.7. The summed E-state index contributed by atoms with van der Waals surface area (Å²) in [6.07, 6.45) is 0. The number of carbonyl (C=O) groups is 1. The maximum atomic E-state index is 11.7. The number of nitrogens with two attached hydrogens (primary N) is 2. The highest BCUT2D eigenvalue weighted by molar-refractivity contribution is 7.99. The highest BCUT2D eigenvalue weighted by Crippen LogP contribution is 2.11. The van der Waals surface area contributed by atoms with Crippen LogP contribution in [-0.2, 0) is 10.5 Å². The normalized spacial score (nSPS) is 10.7. The van der Waals surface area contributed by atoms with Crippen LogP contribution in [0.3, 0.4) is 0 Å². The molecule has 1 aromatic rings. The molecule has 0 spiro atoms. The Balaban J connectivity index is 2.44. The van der Waals surface area contributed by atoms with Crippen molar-refractivity contribution in [1.82, 2.24) is 19.9 Å². The first kappa shape index (κ1) is 14.5. The van der Waals surface area contributed by atoms with E-state index in [0.29, 0.717) is 17.3 Å². The molecule has 0 aliphatic rings. The molecule has 1 aromatic heterocycles. The standard InChI is InChI=1S/C10H18N6OS/c1-6(2)16(3)8(17)5-18-4-7-13-9(11)15-10(12)14-7/h6H,4-5H2,1-3H3,(H4,11,12,13,14,15). The third kappa shape index (κ3) is 4.36. The Bertz CT molecular complexity index is 405. The topological polar surface area (TPSA) is 111 Å². The predicted octanol–water partition coefficient (Wildman–Crippen LogP) is 0.136. The van der Waals surface area contributed by atoms with Crippen molar-refractivity contribution < 1.29 is 4.79 Å². The average molecular weight is 270 g/mol. The first-order valence-corrected chi connectivity index (χ1v) is 6.65. The van der Waals surface area contributed by atoms with Gasteiger partial charge in [0.15, 0.2) is 0 Å². The largest absolute Gasteiger partial charge is 0.368 e. The number of hydrogen-bond donors (Lipinski definition) is 2. The highest BCUT2D eigenvalue weighted by atomic mass is 32.2. The highest BCUT2D eigenvalue weighted by Gasteiger charge is 2.12. The summed E-state index contributed by atoms with van der Waals surface area (Å²) in [5.41, 5.74) is 10.9. The zero-order chi connectivity index (χ0) is 13.7. The molecule has 0 saturated carbocycles. The quantitative estimate of drug-likeness (QED) is 0.782. The molecule has 0 fully saturated rings. The smallest absolute Gasteiger partial charge is 0.232 e. The second-order valence-corrected chi connectivity index (χ2v) is 5.04. The third-order valence-electron chi connectivity index (χ3n) is 2.34. The van der Waals surface area contributed by atoms with Crippen molar-refractivity contribution >= 4 is 29.6 Å². The summed E-state index contributed by atoms with van der Waals surface area (Å²) in [5, 5.41) is 0. The molecule has 4 N–H and O–H groups in total. The Labute approximate surface area is 110 Å². The molecule has 0 atom stereocenters. The summed E-state index contributed by atoms with van der Waals surface area (Å²) in [5.74, 6) is 1.62. The maximum Gasteiger partial charge on any atom is 0.232 e. The lowest BCUT2D eigenvalue weighted by atomic mass is 10.3. The molecule has 1 rings (SSSR count). The summed E-state index contributed by atoms with van der Waals surface area (Å²) in [4.78, 5) is 25.0. The number of amides is 1. The number of nitrogens with zero attached hydrogens (tertiary/aromatic N) is 4. The fourth-order valence-electron chi connectivity index (χ4n) is 1.14. The second-order valence-electron chi connectivity index (χ2n) is 4.06. The fraction of sp³-hybridized carbons (Fsp3) is 0.600. The molecular formula is C10H18N6OS. The van der Waals surface area contributed by atoms with Gasteiger partial charge in [0.05, 0.1) is 11.5 Å². The minimum absolute atomic E-state index is 0.0741. The first-order chi connectivity index (χ1) is 8.40. The number of carbonyl (C=O) groups excluding carboxylic acids is 1. The molecule has 100 valence electrons. The monoisotopic (exact) mass is 270 g/mol. The first-order valence-electron chi connectivity index (χ1n) is 5.49. The van der Waals surface area contributed by atoms with Crippen molar-refractivity contribution in [2.24, 2.45) is 0 Å². The number of aromatic nitrogens is 3. The van der Waals surface area contributed by atoms with Crippen LogP contribution >= 0.6 is 11.8 Å². The molecule has 1 heterocycles. The molecule has 0 bridgehead atoms. The van der Waals surface area contributed by atoms with Crippen LogP contribution < -0.4 is 11.5 Å². The average Bonchev–Trinajstić information content (AvgIpc) is 2.26. The van der Waals surface area contributed by atoms with Gasteiger partial charge in [-0.15, -0.1) is 11.8 Å². The Morgan fingerprint density at radius 1 is 1.28 bits per heavy atom. The third-order valence-corrected chi connectivity index (χ3v) is 3.25. The Morgan fingerprint density at radius 3 is 2.33 bits per heavy atom. The van der Waals surface area contributed by atoms with Crippen LogP contribution in [0.5, 0.6) is 0 Å². The molecule has 0 radical (unpaired) electrons. The van der Waals surface area contributed by atoms with Gasteiger partial charge in [0, 0.05) is 13.1 Å². The van der Waals surface area contributed by atoms with Gasteiger partial charge in [-0.1, -0.05) is 0 Å². The molecule has 0 aliphatic heterocycles. The van der Waals surface area contributed by atoms with Crippen LogP contribution in [-0.4, -0.2) is 44.6 Å². The van der Waals surface area contributed by atoms with Gasteiger partial charge in [-0.05, 0) is 13.8 Å². The van der Waals surface area contributed by atoms with E-state index in [-0.39, 0.29) is 23.8 Å². The molecule has 18 heavy (non-hydrogen) atoms. The molecule has 0 saturated heterocycles. The van der Waals surface area contributed by atoms with Crippen LogP contribution in [0.4, 0.5) is 11.9 Å². The van der Waals surface area contributed by atoms with Gasteiger partial charge in [0.2, 0.25) is 17.8 Å². The van der Waals surface area contributed by atoms with E-state index in [2.05, 4.69) is 15.0 Å². The number of thioether (sulfide) groups is 1. The number of nitrogen functional groups attached to an aromatic ring is 2. The van der Waals surface area contributed by atoms with Gasteiger partial charge in [0.1, 0.15) is 5.82 Å². The van der Waals surface area contributed by atoms with Crippen molar-refractivity contribution in [3.63, 3.8) is 0 Å². The van der Waals surface area contributed by atoms with E-state index < -0.39 is 0 Å². The Hall–Kier alpha value is -1.57. The van der Waals surface area contributed by atoms with Crippen molar-refractivity contribution in [3.8, 4) is 0 Å². The summed E-state index contributed by atoms with van der Waals surface area (Å²) < 4.78 is 0. The van der Waals surface area contributed by atoms with E-state index in [0.717, 1.165) is 0 Å². The molecule has 1 amide bonds. The van der Waals surface area contributed by atoms with Crippen LogP contribution in [0.1, 0.15) is 19.7 Å². The zero-order valence-electron chi connectivity index (χ0n) is 10.8. The predicted molar refractivity (Wildman–Crippen MR) is 72.7 cm³/mol. The van der Waals surface area contributed by atoms with Crippen molar-refractivity contribution in [2.45, 2.75) is 25.6 Å². The lowest BCUT2D eigenvalue weighted by molar-refractivity contribution is -0.128. The van der Waals surface area contributed by atoms with Gasteiger partial charge in [-0.2, -0.15) is 15.0 Å². The van der Waals surface area contributed by atoms with Crippen molar-refractivity contribution in [3.05, 3.63) is 5.82 Å². The fourth-order valence-corrected chi connectivity index (χ4v) is 1.93. The van der Waals surface area contributed by atoms with Gasteiger partial charge in [0.25, 0.3) is 0 Å². The van der Waals surface area contributed by atoms with E-state index in [1.165, 1.54) is 11.8 Å². The van der Waals surface area contributed by atoms with E-state index in [1.807, 2.05) is 13.8 Å². The van der Waals surface area contributed by atoms with Crippen LogP contribution in [0.2, 0.25) is 0 Å².